The zero-order chi connectivity index (χ0) is 28.3. The highest BCUT2D eigenvalue weighted by molar-refractivity contribution is 7.17. The van der Waals surface area contributed by atoms with E-state index < -0.39 is 18.0 Å². The molecular formula is C31H37N5O3S. The number of amides is 3. The number of carbonyl (C=O) groups excluding carboxylic acids is 3. The van der Waals surface area contributed by atoms with Crippen molar-refractivity contribution in [1.82, 2.24) is 16.0 Å². The van der Waals surface area contributed by atoms with Crippen LogP contribution in [0.5, 0.6) is 0 Å². The minimum absolute atomic E-state index is 0.144. The number of nitrogens with two attached hydrogens (primary N) is 2. The van der Waals surface area contributed by atoms with Crippen molar-refractivity contribution in [1.29, 1.82) is 0 Å². The van der Waals surface area contributed by atoms with Crippen LogP contribution in [0.2, 0.25) is 0 Å². The molecule has 0 aliphatic rings. The molecule has 0 spiro atoms. The lowest BCUT2D eigenvalue weighted by Gasteiger charge is -2.19. The van der Waals surface area contributed by atoms with E-state index >= 15 is 0 Å². The number of carbonyl (C=O) groups is 3. The van der Waals surface area contributed by atoms with Gasteiger partial charge in [0.1, 0.15) is 0 Å². The van der Waals surface area contributed by atoms with Crippen molar-refractivity contribution >= 4 is 49.9 Å². The number of nitrogens with one attached hydrogen (secondary N) is 3. The van der Waals surface area contributed by atoms with Gasteiger partial charge in [0.15, 0.2) is 0 Å². The Morgan fingerprint density at radius 2 is 1.48 bits per heavy atom. The van der Waals surface area contributed by atoms with Gasteiger partial charge in [0.2, 0.25) is 17.7 Å². The first-order chi connectivity index (χ1) is 19.4. The van der Waals surface area contributed by atoms with E-state index in [1.165, 1.54) is 4.70 Å². The van der Waals surface area contributed by atoms with Crippen molar-refractivity contribution in [2.24, 2.45) is 11.5 Å². The molecule has 9 heteroatoms. The Bertz CT molecular complexity index is 1450. The molecule has 4 rings (SSSR count). The highest BCUT2D eigenvalue weighted by atomic mass is 32.1. The molecule has 3 amide bonds. The summed E-state index contributed by atoms with van der Waals surface area (Å²) in [4.78, 5) is 36.5. The average molecular weight is 560 g/mol. The van der Waals surface area contributed by atoms with Gasteiger partial charge in [0, 0.05) is 11.2 Å². The van der Waals surface area contributed by atoms with Gasteiger partial charge in [-0.05, 0) is 71.0 Å². The summed E-state index contributed by atoms with van der Waals surface area (Å²) in [5.74, 6) is -0.983. The lowest BCUT2D eigenvalue weighted by molar-refractivity contribution is -0.126. The fraction of sp³-hybridized carbons (Fsp3) is 0.323. The maximum absolute atomic E-state index is 12.8. The molecule has 4 aromatic rings. The highest BCUT2D eigenvalue weighted by Crippen LogP contribution is 2.26. The fourth-order valence-electron chi connectivity index (χ4n) is 4.81. The third-order valence-electron chi connectivity index (χ3n) is 6.94. The molecular weight excluding hydrogens is 522 g/mol. The third kappa shape index (κ3) is 8.11. The zero-order valence-corrected chi connectivity index (χ0v) is 23.3. The third-order valence-corrected chi connectivity index (χ3v) is 7.95. The Hall–Kier alpha value is -3.79. The predicted molar refractivity (Wildman–Crippen MR) is 162 cm³/mol. The van der Waals surface area contributed by atoms with Gasteiger partial charge in [-0.2, -0.15) is 0 Å². The van der Waals surface area contributed by atoms with Gasteiger partial charge in [-0.3, -0.25) is 14.4 Å². The summed E-state index contributed by atoms with van der Waals surface area (Å²) in [6.45, 7) is 0.977. The molecule has 0 aliphatic heterocycles. The van der Waals surface area contributed by atoms with E-state index in [4.69, 9.17) is 11.5 Å². The summed E-state index contributed by atoms with van der Waals surface area (Å²) in [7, 11) is 0. The number of fused-ring (bicyclic) bond motifs is 2. The predicted octanol–water partition coefficient (Wildman–Crippen LogP) is 3.01. The van der Waals surface area contributed by atoms with Gasteiger partial charge in [0.25, 0.3) is 0 Å². The molecule has 1 heterocycles. The molecule has 0 unspecified atom stereocenters. The van der Waals surface area contributed by atoms with Crippen LogP contribution >= 0.6 is 11.3 Å². The summed E-state index contributed by atoms with van der Waals surface area (Å²) in [5, 5.41) is 14.4. The normalized spacial score (nSPS) is 12.7. The van der Waals surface area contributed by atoms with Crippen molar-refractivity contribution in [2.75, 3.05) is 19.6 Å². The lowest BCUT2D eigenvalue weighted by atomic mass is 9.98. The molecule has 0 saturated heterocycles. The average Bonchev–Trinajstić information content (AvgIpc) is 3.37. The molecule has 3 aromatic carbocycles. The maximum Gasteiger partial charge on any atom is 0.237 e. The molecule has 8 nitrogen and oxygen atoms in total. The molecule has 0 saturated carbocycles. The van der Waals surface area contributed by atoms with Crippen molar-refractivity contribution in [3.05, 3.63) is 83.2 Å². The van der Waals surface area contributed by atoms with Gasteiger partial charge < -0.3 is 27.4 Å². The number of primary amides is 1. The summed E-state index contributed by atoms with van der Waals surface area (Å²) in [6.07, 6.45) is 3.51. The second-order valence-electron chi connectivity index (χ2n) is 9.95. The van der Waals surface area contributed by atoms with Crippen LogP contribution in [0.3, 0.4) is 0 Å². The van der Waals surface area contributed by atoms with Gasteiger partial charge in [-0.15, -0.1) is 11.3 Å². The first-order valence-corrected chi connectivity index (χ1v) is 14.5. The van der Waals surface area contributed by atoms with E-state index in [9.17, 15) is 14.4 Å². The van der Waals surface area contributed by atoms with E-state index in [2.05, 4.69) is 33.5 Å². The van der Waals surface area contributed by atoms with E-state index in [1.807, 2.05) is 54.6 Å². The minimum Gasteiger partial charge on any atom is -0.368 e. The SMILES string of the molecule is NC(=O)CNC(=O)[C@H](Cc1cccc2ccccc12)NCCCCCNC(=O)[C@H](N)Cc1csc2ccccc12. The molecule has 1 aromatic heterocycles. The number of unbranched alkanes of at least 4 members (excludes halogenated alkanes) is 2. The number of rotatable bonds is 15. The van der Waals surface area contributed by atoms with Gasteiger partial charge >= 0.3 is 0 Å². The maximum atomic E-state index is 12.8. The number of thiophene rings is 1. The molecule has 0 bridgehead atoms. The topological polar surface area (TPSA) is 139 Å². The van der Waals surface area contributed by atoms with Gasteiger partial charge in [-0.25, -0.2) is 0 Å². The van der Waals surface area contributed by atoms with Crippen LogP contribution in [0.4, 0.5) is 0 Å². The molecule has 7 N–H and O–H groups in total. The number of hydrogen-bond acceptors (Lipinski definition) is 6. The Morgan fingerprint density at radius 3 is 2.30 bits per heavy atom. The molecule has 0 radical (unpaired) electrons. The van der Waals surface area contributed by atoms with Crippen LogP contribution in [0.1, 0.15) is 30.4 Å². The summed E-state index contributed by atoms with van der Waals surface area (Å²) >= 11 is 1.67. The minimum atomic E-state index is -0.589. The van der Waals surface area contributed by atoms with E-state index in [0.717, 1.165) is 46.5 Å². The van der Waals surface area contributed by atoms with E-state index in [0.29, 0.717) is 25.9 Å². The highest BCUT2D eigenvalue weighted by Gasteiger charge is 2.20. The summed E-state index contributed by atoms with van der Waals surface area (Å²) in [6, 6.07) is 21.2. The van der Waals surface area contributed by atoms with Crippen LogP contribution in [-0.4, -0.2) is 49.4 Å². The summed E-state index contributed by atoms with van der Waals surface area (Å²) < 4.78 is 1.20. The van der Waals surface area contributed by atoms with Crippen LogP contribution in [0, 0.1) is 0 Å². The zero-order valence-electron chi connectivity index (χ0n) is 22.5. The Balaban J connectivity index is 1.20. The van der Waals surface area contributed by atoms with Crippen LogP contribution in [0.25, 0.3) is 20.9 Å². The number of benzene rings is 3. The second-order valence-corrected chi connectivity index (χ2v) is 10.9. The summed E-state index contributed by atoms with van der Waals surface area (Å²) in [5.41, 5.74) is 13.6. The van der Waals surface area contributed by atoms with Crippen LogP contribution in [0.15, 0.2) is 72.1 Å². The largest absolute Gasteiger partial charge is 0.368 e. The molecule has 2 atom stereocenters. The van der Waals surface area contributed by atoms with E-state index in [-0.39, 0.29) is 18.4 Å². The Morgan fingerprint density at radius 1 is 0.750 bits per heavy atom. The van der Waals surface area contributed by atoms with E-state index in [1.54, 1.807) is 11.3 Å². The standard InChI is InChI=1S/C31H37N5O3S/c32-26(17-23-20-40-28-14-5-4-13-25(23)28)30(38)35-16-7-1-6-15-34-27(31(39)36-19-29(33)37)18-22-11-8-10-21-9-2-3-12-24(21)22/h2-5,8-14,20,26-27,34H,1,6-7,15-19,32H2,(H2,33,37)(H,35,38)(H,36,39)/t26-,27+/m1/s1. The van der Waals surface area contributed by atoms with Crippen LogP contribution in [-0.2, 0) is 27.2 Å². The fourth-order valence-corrected chi connectivity index (χ4v) is 5.79. The van der Waals surface area contributed by atoms with Gasteiger partial charge in [0.05, 0.1) is 18.6 Å². The Kier molecular flexibility index (Phi) is 10.6. The first-order valence-electron chi connectivity index (χ1n) is 13.7. The van der Waals surface area contributed by atoms with Crippen molar-refractivity contribution < 1.29 is 14.4 Å². The second kappa shape index (κ2) is 14.6. The smallest absolute Gasteiger partial charge is 0.237 e. The quantitative estimate of drug-likeness (QED) is 0.143. The molecule has 0 aliphatic carbocycles. The molecule has 210 valence electrons. The van der Waals surface area contributed by atoms with Crippen LogP contribution < -0.4 is 27.4 Å². The Labute approximate surface area is 238 Å². The van der Waals surface area contributed by atoms with Crippen molar-refractivity contribution in [2.45, 2.75) is 44.2 Å². The lowest BCUT2D eigenvalue weighted by Crippen LogP contribution is -2.48. The van der Waals surface area contributed by atoms with Crippen molar-refractivity contribution in [3.8, 4) is 0 Å². The first kappa shape index (κ1) is 29.2. The molecule has 40 heavy (non-hydrogen) atoms. The molecule has 0 fully saturated rings. The number of hydrogen-bond donors (Lipinski definition) is 5. The van der Waals surface area contributed by atoms with Crippen molar-refractivity contribution in [3.63, 3.8) is 0 Å². The monoisotopic (exact) mass is 559 g/mol. The van der Waals surface area contributed by atoms with Gasteiger partial charge in [-0.1, -0.05) is 67.1 Å².